The average molecular weight is 298 g/mol. The van der Waals surface area contributed by atoms with E-state index >= 15 is 0 Å². The second-order valence-corrected chi connectivity index (χ2v) is 4.83. The molecule has 3 rings (SSSR count). The predicted molar refractivity (Wildman–Crippen MR) is 78.9 cm³/mol. The maximum absolute atomic E-state index is 12.3. The fourth-order valence-corrected chi connectivity index (χ4v) is 2.11. The monoisotopic (exact) mass is 298 g/mol. The molecule has 1 aromatic carbocycles. The van der Waals surface area contributed by atoms with E-state index in [1.807, 2.05) is 0 Å². The Bertz CT molecular complexity index is 718. The van der Waals surface area contributed by atoms with Gasteiger partial charge >= 0.3 is 0 Å². The van der Waals surface area contributed by atoms with Gasteiger partial charge in [-0.15, -0.1) is 0 Å². The van der Waals surface area contributed by atoms with Crippen LogP contribution in [0.4, 0.5) is 5.69 Å². The highest BCUT2D eigenvalue weighted by Gasteiger charge is 2.21. The quantitative estimate of drug-likeness (QED) is 0.900. The van der Waals surface area contributed by atoms with E-state index in [4.69, 9.17) is 4.74 Å². The van der Waals surface area contributed by atoms with Gasteiger partial charge < -0.3 is 15.0 Å². The van der Waals surface area contributed by atoms with Crippen LogP contribution in [0.25, 0.3) is 0 Å². The van der Waals surface area contributed by atoms with Gasteiger partial charge in [-0.2, -0.15) is 0 Å². The van der Waals surface area contributed by atoms with Crippen LogP contribution in [0.2, 0.25) is 0 Å². The Balaban J connectivity index is 1.86. The number of nitrogens with one attached hydrogen (secondary N) is 1. The molecule has 0 unspecified atom stereocenters. The van der Waals surface area contributed by atoms with E-state index in [0.717, 1.165) is 0 Å². The Labute approximate surface area is 126 Å². The summed E-state index contributed by atoms with van der Waals surface area (Å²) in [5.41, 5.74) is 1.13. The number of anilines is 1. The number of amides is 2. The third-order valence-electron chi connectivity index (χ3n) is 3.29. The number of nitrogens with zero attached hydrogens (tertiary/aromatic N) is 3. The van der Waals surface area contributed by atoms with E-state index in [2.05, 4.69) is 15.3 Å². The lowest BCUT2D eigenvalue weighted by molar-refractivity contribution is 0.0796. The second-order valence-electron chi connectivity index (χ2n) is 4.83. The van der Waals surface area contributed by atoms with Crippen molar-refractivity contribution in [2.24, 2.45) is 0 Å². The molecule has 0 radical (unpaired) electrons. The van der Waals surface area contributed by atoms with Crippen molar-refractivity contribution < 1.29 is 14.3 Å². The molecule has 2 amide bonds. The summed E-state index contributed by atoms with van der Waals surface area (Å²) in [4.78, 5) is 33.7. The summed E-state index contributed by atoms with van der Waals surface area (Å²) in [6.45, 7) is 0.968. The van der Waals surface area contributed by atoms with Gasteiger partial charge in [0, 0.05) is 25.1 Å². The molecular weight excluding hydrogens is 284 g/mol. The van der Waals surface area contributed by atoms with Gasteiger partial charge in [-0.3, -0.25) is 14.6 Å². The van der Waals surface area contributed by atoms with Crippen LogP contribution >= 0.6 is 0 Å². The molecule has 0 atom stereocenters. The lowest BCUT2D eigenvalue weighted by Crippen LogP contribution is -2.27. The summed E-state index contributed by atoms with van der Waals surface area (Å²) in [5, 5.41) is 2.70. The summed E-state index contributed by atoms with van der Waals surface area (Å²) in [6.07, 6.45) is 4.31. The summed E-state index contributed by atoms with van der Waals surface area (Å²) in [6, 6.07) is 4.97. The molecule has 22 heavy (non-hydrogen) atoms. The normalized spacial score (nSPS) is 13.9. The Morgan fingerprint density at radius 1 is 1.36 bits per heavy atom. The Hall–Kier alpha value is -2.96. The molecule has 112 valence electrons. The van der Waals surface area contributed by atoms with Crippen LogP contribution in [0, 0.1) is 0 Å². The van der Waals surface area contributed by atoms with E-state index in [1.165, 1.54) is 18.6 Å². The summed E-state index contributed by atoms with van der Waals surface area (Å²) < 4.78 is 5.54. The maximum atomic E-state index is 12.3. The van der Waals surface area contributed by atoms with Gasteiger partial charge in [-0.05, 0) is 18.2 Å². The Kier molecular flexibility index (Phi) is 3.69. The molecule has 1 aliphatic heterocycles. The van der Waals surface area contributed by atoms with E-state index in [-0.39, 0.29) is 17.5 Å². The number of carbonyl (C=O) groups excluding carboxylic acids is 2. The van der Waals surface area contributed by atoms with Gasteiger partial charge in [0.2, 0.25) is 0 Å². The lowest BCUT2D eigenvalue weighted by Gasteiger charge is -2.13. The third kappa shape index (κ3) is 2.73. The minimum absolute atomic E-state index is 0.136. The van der Waals surface area contributed by atoms with Gasteiger partial charge in [0.15, 0.2) is 0 Å². The summed E-state index contributed by atoms with van der Waals surface area (Å²) in [5.74, 6) is -0.00153. The molecule has 0 bridgehead atoms. The van der Waals surface area contributed by atoms with Crippen LogP contribution in [0.5, 0.6) is 5.75 Å². The SMILES string of the molecule is CN1CCOc2ccc(NC(=O)c3cnccn3)cc2C1=O. The Morgan fingerprint density at radius 3 is 3.00 bits per heavy atom. The third-order valence-corrected chi connectivity index (χ3v) is 3.29. The van der Waals surface area contributed by atoms with Crippen LogP contribution in [-0.2, 0) is 0 Å². The molecule has 1 aromatic heterocycles. The Morgan fingerprint density at radius 2 is 2.23 bits per heavy atom. The van der Waals surface area contributed by atoms with E-state index < -0.39 is 0 Å². The lowest BCUT2D eigenvalue weighted by atomic mass is 10.1. The minimum atomic E-state index is -0.386. The zero-order valence-electron chi connectivity index (χ0n) is 11.9. The van der Waals surface area contributed by atoms with Crippen LogP contribution < -0.4 is 10.1 Å². The number of likely N-dealkylation sites (N-methyl/N-ethyl adjacent to an activating group) is 1. The van der Waals surface area contributed by atoms with Gasteiger partial charge in [0.25, 0.3) is 11.8 Å². The van der Waals surface area contributed by atoms with Crippen LogP contribution in [-0.4, -0.2) is 46.9 Å². The molecule has 0 fully saturated rings. The average Bonchev–Trinajstić information content (AvgIpc) is 2.68. The molecule has 0 aliphatic carbocycles. The molecule has 1 N–H and O–H groups in total. The highest BCUT2D eigenvalue weighted by Crippen LogP contribution is 2.26. The second kappa shape index (κ2) is 5.80. The first-order valence-electron chi connectivity index (χ1n) is 6.75. The molecule has 7 heteroatoms. The number of hydrogen-bond acceptors (Lipinski definition) is 5. The molecule has 0 spiro atoms. The van der Waals surface area contributed by atoms with Crippen molar-refractivity contribution in [2.75, 3.05) is 25.5 Å². The number of carbonyl (C=O) groups is 2. The highest BCUT2D eigenvalue weighted by atomic mass is 16.5. The van der Waals surface area contributed by atoms with Gasteiger partial charge in [0.05, 0.1) is 18.3 Å². The maximum Gasteiger partial charge on any atom is 0.275 e. The van der Waals surface area contributed by atoms with Gasteiger partial charge in [-0.1, -0.05) is 0 Å². The van der Waals surface area contributed by atoms with Crippen molar-refractivity contribution >= 4 is 17.5 Å². The first-order chi connectivity index (χ1) is 10.6. The number of benzene rings is 1. The number of rotatable bonds is 2. The number of hydrogen-bond donors (Lipinski definition) is 1. The van der Waals surface area contributed by atoms with Crippen molar-refractivity contribution in [3.63, 3.8) is 0 Å². The summed E-state index contributed by atoms with van der Waals surface area (Å²) in [7, 11) is 1.71. The van der Waals surface area contributed by atoms with Crippen LogP contribution in [0.15, 0.2) is 36.8 Å². The minimum Gasteiger partial charge on any atom is -0.491 e. The highest BCUT2D eigenvalue weighted by molar-refractivity contribution is 6.04. The van der Waals surface area contributed by atoms with Crippen molar-refractivity contribution in [2.45, 2.75) is 0 Å². The molecule has 0 saturated heterocycles. The topological polar surface area (TPSA) is 84.4 Å². The van der Waals surface area contributed by atoms with E-state index in [9.17, 15) is 9.59 Å². The van der Waals surface area contributed by atoms with Crippen molar-refractivity contribution in [1.82, 2.24) is 14.9 Å². The van der Waals surface area contributed by atoms with Gasteiger partial charge in [-0.25, -0.2) is 4.98 Å². The molecule has 1 aliphatic rings. The van der Waals surface area contributed by atoms with Crippen LogP contribution in [0.1, 0.15) is 20.8 Å². The summed E-state index contributed by atoms with van der Waals surface area (Å²) >= 11 is 0. The number of fused-ring (bicyclic) bond motifs is 1. The molecule has 0 saturated carbocycles. The van der Waals surface area contributed by atoms with Crippen LogP contribution in [0.3, 0.4) is 0 Å². The molecule has 2 aromatic rings. The van der Waals surface area contributed by atoms with Crippen molar-refractivity contribution in [3.8, 4) is 5.75 Å². The van der Waals surface area contributed by atoms with Crippen molar-refractivity contribution in [3.05, 3.63) is 48.0 Å². The molecular formula is C15H14N4O3. The van der Waals surface area contributed by atoms with E-state index in [0.29, 0.717) is 30.2 Å². The molecule has 7 nitrogen and oxygen atoms in total. The fraction of sp³-hybridized carbons (Fsp3) is 0.200. The smallest absolute Gasteiger partial charge is 0.275 e. The van der Waals surface area contributed by atoms with Gasteiger partial charge in [0.1, 0.15) is 18.1 Å². The van der Waals surface area contributed by atoms with Crippen molar-refractivity contribution in [1.29, 1.82) is 0 Å². The fourth-order valence-electron chi connectivity index (χ4n) is 2.11. The zero-order valence-corrected chi connectivity index (χ0v) is 11.9. The zero-order chi connectivity index (χ0) is 15.5. The number of aromatic nitrogens is 2. The first-order valence-corrected chi connectivity index (χ1v) is 6.75. The predicted octanol–water partition coefficient (Wildman–Crippen LogP) is 1.19. The standard InChI is InChI=1S/C15H14N4O3/c1-19-6-7-22-13-3-2-10(8-11(13)15(19)21)18-14(20)12-9-16-4-5-17-12/h2-5,8-9H,6-7H2,1H3,(H,18,20). The van der Waals surface area contributed by atoms with E-state index in [1.54, 1.807) is 30.1 Å². The first kappa shape index (κ1) is 14.0. The molecule has 2 heterocycles. The largest absolute Gasteiger partial charge is 0.491 e. The number of ether oxygens (including phenoxy) is 1.